The molecule has 21 nitrogen and oxygen atoms in total. The Labute approximate surface area is 231 Å². The lowest BCUT2D eigenvalue weighted by Gasteiger charge is -2.31. The summed E-state index contributed by atoms with van der Waals surface area (Å²) in [5.41, 5.74) is 39.3. The maximum Gasteiger partial charge on any atom is 0.429 e. The number of anilines is 2. The van der Waals surface area contributed by atoms with Crippen LogP contribution in [0.4, 0.5) is 16.2 Å². The summed E-state index contributed by atoms with van der Waals surface area (Å²) in [6.45, 7) is -1.79. The van der Waals surface area contributed by atoms with Crippen molar-refractivity contribution in [2.75, 3.05) is 56.7 Å². The highest BCUT2D eigenvalue weighted by Gasteiger charge is 2.35. The van der Waals surface area contributed by atoms with Gasteiger partial charge in [0.2, 0.25) is 0 Å². The van der Waals surface area contributed by atoms with Gasteiger partial charge in [-0.15, -0.1) is 0 Å². The number of amides is 1. The van der Waals surface area contributed by atoms with Gasteiger partial charge in [0, 0.05) is 43.2 Å². The van der Waals surface area contributed by atoms with Gasteiger partial charge in [-0.1, -0.05) is 20.5 Å². The van der Waals surface area contributed by atoms with Crippen LogP contribution in [-0.2, 0) is 14.3 Å². The zero-order chi connectivity index (χ0) is 30.1. The van der Waals surface area contributed by atoms with Crippen LogP contribution in [0.25, 0.3) is 41.8 Å². The molecule has 41 heavy (non-hydrogen) atoms. The topological polar surface area (TPSA) is 325 Å². The molecule has 1 aromatic carbocycles. The molecule has 0 bridgehead atoms. The highest BCUT2D eigenvalue weighted by atomic mass is 16.6. The van der Waals surface area contributed by atoms with Crippen LogP contribution < -0.4 is 21.3 Å². The monoisotopic (exact) mass is 570 g/mol. The van der Waals surface area contributed by atoms with E-state index < -0.39 is 37.3 Å². The largest absolute Gasteiger partial charge is 0.491 e. The van der Waals surface area contributed by atoms with Gasteiger partial charge >= 0.3 is 12.1 Å². The van der Waals surface area contributed by atoms with Gasteiger partial charge < -0.3 is 19.9 Å². The first kappa shape index (κ1) is 31.6. The number of carbonyl (C=O) groups is 2. The van der Waals surface area contributed by atoms with Crippen LogP contribution in [-0.4, -0.2) is 69.8 Å². The molecule has 0 aromatic heterocycles. The number of nitrogen functional groups attached to an aromatic ring is 1. The first-order valence-corrected chi connectivity index (χ1v) is 11.8. The Bertz CT molecular complexity index is 1270. The summed E-state index contributed by atoms with van der Waals surface area (Å²) in [6.07, 6.45) is 2.01. The lowest BCUT2D eigenvalue weighted by Crippen LogP contribution is -2.49. The van der Waals surface area contributed by atoms with Crippen LogP contribution >= 0.6 is 0 Å². The van der Waals surface area contributed by atoms with E-state index in [0.29, 0.717) is 17.5 Å². The molecule has 1 fully saturated rings. The number of esters is 1. The number of benzene rings is 1. The van der Waals surface area contributed by atoms with Crippen molar-refractivity contribution in [3.63, 3.8) is 0 Å². The van der Waals surface area contributed by atoms with Gasteiger partial charge in [-0.25, -0.2) is 15.6 Å². The van der Waals surface area contributed by atoms with Crippen molar-refractivity contribution in [2.24, 2.45) is 37.2 Å². The summed E-state index contributed by atoms with van der Waals surface area (Å²) in [7, 11) is 0. The molecule has 1 aliphatic rings. The van der Waals surface area contributed by atoms with Crippen LogP contribution in [0.5, 0.6) is 5.75 Å². The molecule has 0 radical (unpaired) electrons. The molecule has 0 unspecified atom stereocenters. The van der Waals surface area contributed by atoms with E-state index in [-0.39, 0.29) is 42.4 Å². The van der Waals surface area contributed by atoms with Crippen LogP contribution in [0.15, 0.2) is 37.6 Å². The molecular formula is C20H26N16O5. The van der Waals surface area contributed by atoms with Crippen molar-refractivity contribution in [2.45, 2.75) is 18.4 Å². The number of carbonyl (C=O) groups excluding carboxylic acids is 2. The van der Waals surface area contributed by atoms with Gasteiger partial charge in [0.05, 0.1) is 39.4 Å². The van der Waals surface area contributed by atoms with E-state index in [2.05, 4.69) is 45.1 Å². The minimum absolute atomic E-state index is 0.00602. The van der Waals surface area contributed by atoms with Crippen molar-refractivity contribution >= 4 is 29.7 Å². The normalized spacial score (nSPS) is 13.3. The van der Waals surface area contributed by atoms with Crippen LogP contribution in [0.2, 0.25) is 0 Å². The van der Waals surface area contributed by atoms with Crippen LogP contribution in [0.3, 0.4) is 0 Å². The van der Waals surface area contributed by atoms with Gasteiger partial charge in [-0.3, -0.25) is 9.79 Å². The minimum atomic E-state index is -1.84. The van der Waals surface area contributed by atoms with Crippen molar-refractivity contribution in [1.29, 1.82) is 0 Å². The summed E-state index contributed by atoms with van der Waals surface area (Å²) in [4.78, 5) is 39.3. The zero-order valence-electron chi connectivity index (χ0n) is 21.6. The van der Waals surface area contributed by atoms with E-state index in [0.717, 1.165) is 12.8 Å². The molecule has 0 saturated heterocycles. The quantitative estimate of drug-likeness (QED) is 0.0266. The Hall–Kier alpha value is -5.57. The summed E-state index contributed by atoms with van der Waals surface area (Å²) in [5, 5.41) is 13.9. The summed E-state index contributed by atoms with van der Waals surface area (Å²) < 4.78 is 16.2. The maximum absolute atomic E-state index is 13.2. The second-order valence-corrected chi connectivity index (χ2v) is 8.44. The van der Waals surface area contributed by atoms with Gasteiger partial charge in [-0.2, -0.15) is 0 Å². The third-order valence-electron chi connectivity index (χ3n) is 5.33. The van der Waals surface area contributed by atoms with E-state index in [1.165, 1.54) is 18.3 Å². The van der Waals surface area contributed by atoms with E-state index in [1.807, 2.05) is 0 Å². The Morgan fingerprint density at radius 2 is 1.63 bits per heavy atom. The van der Waals surface area contributed by atoms with Crippen molar-refractivity contribution in [3.05, 3.63) is 59.5 Å². The third-order valence-corrected chi connectivity index (χ3v) is 5.33. The summed E-state index contributed by atoms with van der Waals surface area (Å²) in [6, 6.07) is 2.78. The molecule has 1 amide bonds. The predicted octanol–water partition coefficient (Wildman–Crippen LogP) is 3.82. The number of hydrogen-bond donors (Lipinski definition) is 2. The highest BCUT2D eigenvalue weighted by molar-refractivity contribution is 5.95. The first-order valence-electron chi connectivity index (χ1n) is 11.8. The van der Waals surface area contributed by atoms with Gasteiger partial charge in [0.25, 0.3) is 0 Å². The Morgan fingerprint density at radius 1 is 1.02 bits per heavy atom. The number of nitrogens with zero attached hydrogens (tertiary/aromatic N) is 14. The number of ether oxygens (including phenoxy) is 3. The summed E-state index contributed by atoms with van der Waals surface area (Å²) >= 11 is 0. The predicted molar refractivity (Wildman–Crippen MR) is 144 cm³/mol. The van der Waals surface area contributed by atoms with Crippen molar-refractivity contribution in [1.82, 2.24) is 0 Å². The van der Waals surface area contributed by atoms with Gasteiger partial charge in [0.1, 0.15) is 23.6 Å². The summed E-state index contributed by atoms with van der Waals surface area (Å²) in [5.74, 6) is 5.89. The van der Waals surface area contributed by atoms with E-state index in [1.54, 1.807) is 0 Å². The second kappa shape index (κ2) is 16.4. The second-order valence-electron chi connectivity index (χ2n) is 8.44. The van der Waals surface area contributed by atoms with Crippen LogP contribution in [0.1, 0.15) is 18.4 Å². The van der Waals surface area contributed by atoms with Gasteiger partial charge in [-0.05, 0) is 47.0 Å². The number of rotatable bonds is 17. The van der Waals surface area contributed by atoms with Crippen molar-refractivity contribution < 1.29 is 23.8 Å². The minimum Gasteiger partial charge on any atom is -0.491 e. The van der Waals surface area contributed by atoms with Gasteiger partial charge in [0.15, 0.2) is 0 Å². The average molecular weight is 571 g/mol. The molecule has 4 N–H and O–H groups in total. The zero-order valence-corrected chi connectivity index (χ0v) is 21.6. The molecule has 21 heteroatoms. The Kier molecular flexibility index (Phi) is 12.7. The standard InChI is InChI=1S/C20H26N16O5/c21-15-6-17(40-9-13-1-2-13)16(5-14(15)7-27-8-18(37)39-4-3-28-32-22)36(26)19(38)41-20(10-29-33-23,11-30-34-24)12-31-35-25/h5-7,13H,1-4,8-12,21,26H2. The van der Waals surface area contributed by atoms with E-state index >= 15 is 0 Å². The number of azide groups is 4. The first-order chi connectivity index (χ1) is 19.8. The average Bonchev–Trinajstić information content (AvgIpc) is 3.80. The molecule has 0 spiro atoms. The molecule has 216 valence electrons. The smallest absolute Gasteiger partial charge is 0.429 e. The molecule has 0 aliphatic heterocycles. The fraction of sp³-hybridized carbons (Fsp3) is 0.550. The molecule has 2 rings (SSSR count). The molecule has 0 atom stereocenters. The molecule has 1 aliphatic carbocycles. The number of aliphatic imine (C=N–C) groups is 1. The Balaban J connectivity index is 2.34. The Morgan fingerprint density at radius 3 is 2.20 bits per heavy atom. The molecule has 0 heterocycles. The fourth-order valence-electron chi connectivity index (χ4n) is 3.08. The molecular weight excluding hydrogens is 544 g/mol. The van der Waals surface area contributed by atoms with E-state index in [9.17, 15) is 9.59 Å². The fourth-order valence-corrected chi connectivity index (χ4v) is 3.08. The number of nitrogens with two attached hydrogens (primary N) is 2. The maximum atomic E-state index is 13.2. The van der Waals surface area contributed by atoms with Crippen molar-refractivity contribution in [3.8, 4) is 5.75 Å². The lowest BCUT2D eigenvalue weighted by atomic mass is 10.1. The highest BCUT2D eigenvalue weighted by Crippen LogP contribution is 2.35. The van der Waals surface area contributed by atoms with E-state index in [4.69, 9.17) is 47.9 Å². The third kappa shape index (κ3) is 10.6. The number of hydrogen-bond acceptors (Lipinski definition) is 12. The van der Waals surface area contributed by atoms with Crippen LogP contribution in [0, 0.1) is 5.92 Å². The SMILES string of the molecule is [N-]=[N+]=NCCOC(=O)CN=Cc1cc(N(N)C(=O)OC(CN=[N+]=[N-])(CN=[N+]=[N-])CN=[N+]=[N-])c(OCC2CC2)cc1N. The number of hydrazine groups is 1. The molecule has 1 saturated carbocycles. The lowest BCUT2D eigenvalue weighted by molar-refractivity contribution is -0.141. The molecule has 1 aromatic rings.